The van der Waals surface area contributed by atoms with Gasteiger partial charge in [0.25, 0.3) is 0 Å². The highest BCUT2D eigenvalue weighted by Crippen LogP contribution is 2.51. The lowest BCUT2D eigenvalue weighted by molar-refractivity contribution is -0.128. The smallest absolute Gasteiger partial charge is 0.399 e. The van der Waals surface area contributed by atoms with Crippen molar-refractivity contribution in [2.24, 2.45) is 5.92 Å². The zero-order chi connectivity index (χ0) is 28.0. The van der Waals surface area contributed by atoms with Crippen molar-refractivity contribution in [3.8, 4) is 0 Å². The first kappa shape index (κ1) is 27.3. The number of piperidine rings is 1. The molecule has 0 radical (unpaired) electrons. The first-order valence-electron chi connectivity index (χ1n) is 15.2. The van der Waals surface area contributed by atoms with Crippen molar-refractivity contribution in [1.82, 2.24) is 9.80 Å². The molecule has 1 unspecified atom stereocenters. The van der Waals surface area contributed by atoms with Crippen molar-refractivity contribution in [1.29, 1.82) is 0 Å². The largest absolute Gasteiger partial charge is 0.494 e. The van der Waals surface area contributed by atoms with Gasteiger partial charge in [-0.15, -0.1) is 0 Å². The van der Waals surface area contributed by atoms with E-state index >= 15 is 0 Å². The summed E-state index contributed by atoms with van der Waals surface area (Å²) in [4.78, 5) is 21.2. The number of nitrogens with zero attached hydrogens (tertiary/aromatic N) is 3. The molecular weight excluding hydrogens is 515 g/mol. The fourth-order valence-electron chi connectivity index (χ4n) is 7.71. The number of halogens is 2. The van der Waals surface area contributed by atoms with Crippen molar-refractivity contribution >= 4 is 24.2 Å². The molecule has 10 heteroatoms. The molecule has 5 heterocycles. The monoisotopic (exact) mass is 557 g/mol. The van der Waals surface area contributed by atoms with Crippen LogP contribution in [0, 0.1) is 5.92 Å². The molecule has 1 spiro atoms. The Hall–Kier alpha value is -1.59. The molecule has 1 amide bonds. The number of fused-ring (bicyclic) bond motifs is 2. The Morgan fingerprint density at radius 2 is 1.60 bits per heavy atom. The Balaban J connectivity index is 1.16. The molecule has 0 N–H and O–H groups in total. The molecule has 1 aromatic rings. The molecule has 4 saturated heterocycles. The first-order valence-corrected chi connectivity index (χ1v) is 15.2. The number of ether oxygens (including phenoxy) is 1. The molecule has 7 nitrogen and oxygen atoms in total. The molecule has 5 aliphatic heterocycles. The van der Waals surface area contributed by atoms with Crippen LogP contribution < -0.4 is 10.4 Å². The molecule has 0 bridgehead atoms. The number of benzene rings is 1. The third-order valence-corrected chi connectivity index (χ3v) is 11.3. The van der Waals surface area contributed by atoms with Gasteiger partial charge in [0.15, 0.2) is 0 Å². The SMILES string of the molecule is CC1(C)OB(c2ccc3c(c2)N(C2CC(N4CCC(C(F)F)C4)C2)C(=O)C32CCN(C3COC3)CC2)OC1(C)C. The van der Waals surface area contributed by atoms with Crippen LogP contribution in [0.1, 0.15) is 65.4 Å². The number of hydrogen-bond donors (Lipinski definition) is 0. The van der Waals surface area contributed by atoms with Gasteiger partial charge in [-0.1, -0.05) is 12.1 Å². The van der Waals surface area contributed by atoms with Crippen LogP contribution in [0.15, 0.2) is 18.2 Å². The van der Waals surface area contributed by atoms with Crippen LogP contribution in [-0.2, 0) is 24.3 Å². The topological polar surface area (TPSA) is 54.5 Å². The maximum Gasteiger partial charge on any atom is 0.494 e. The van der Waals surface area contributed by atoms with Gasteiger partial charge in [0.2, 0.25) is 12.3 Å². The van der Waals surface area contributed by atoms with Gasteiger partial charge in [-0.05, 0) is 96.5 Å². The van der Waals surface area contributed by atoms with Gasteiger partial charge in [-0.25, -0.2) is 8.78 Å². The number of carbonyl (C=O) groups excluding carboxylic acids is 1. The molecule has 6 aliphatic rings. The Bertz CT molecular complexity index is 1150. The lowest BCUT2D eigenvalue weighted by Crippen LogP contribution is -2.59. The van der Waals surface area contributed by atoms with Crippen LogP contribution in [0.4, 0.5) is 14.5 Å². The second-order valence-corrected chi connectivity index (χ2v) is 14.0. The highest BCUT2D eigenvalue weighted by atomic mass is 19.3. The third kappa shape index (κ3) is 4.11. The molecule has 1 atom stereocenters. The van der Waals surface area contributed by atoms with Crippen LogP contribution >= 0.6 is 0 Å². The minimum atomic E-state index is -2.25. The van der Waals surface area contributed by atoms with Crippen LogP contribution in [0.5, 0.6) is 0 Å². The number of hydrogen-bond acceptors (Lipinski definition) is 6. The average molecular weight is 557 g/mol. The minimum Gasteiger partial charge on any atom is -0.399 e. The number of likely N-dealkylation sites (tertiary alicyclic amines) is 2. The Morgan fingerprint density at radius 1 is 0.925 bits per heavy atom. The molecule has 0 aromatic heterocycles. The number of anilines is 1. The lowest BCUT2D eigenvalue weighted by Gasteiger charge is -2.47. The highest BCUT2D eigenvalue weighted by Gasteiger charge is 2.57. The molecule has 7 rings (SSSR count). The van der Waals surface area contributed by atoms with E-state index < -0.39 is 36.1 Å². The summed E-state index contributed by atoms with van der Waals surface area (Å²) in [5.41, 5.74) is 1.66. The van der Waals surface area contributed by atoms with Gasteiger partial charge in [0.05, 0.1) is 35.9 Å². The van der Waals surface area contributed by atoms with Crippen LogP contribution in [0.25, 0.3) is 0 Å². The Morgan fingerprint density at radius 3 is 2.17 bits per heavy atom. The summed E-state index contributed by atoms with van der Waals surface area (Å²) in [6.07, 6.45) is 1.60. The molecular formula is C30H42BF2N3O4. The Kier molecular flexibility index (Phi) is 6.45. The van der Waals surface area contributed by atoms with E-state index in [1.165, 1.54) is 0 Å². The van der Waals surface area contributed by atoms with Gasteiger partial charge < -0.3 is 18.9 Å². The van der Waals surface area contributed by atoms with Gasteiger partial charge in [0.1, 0.15) is 0 Å². The van der Waals surface area contributed by atoms with E-state index in [2.05, 4.69) is 60.6 Å². The van der Waals surface area contributed by atoms with Crippen molar-refractivity contribution in [3.63, 3.8) is 0 Å². The first-order chi connectivity index (χ1) is 19.0. The van der Waals surface area contributed by atoms with E-state index in [0.717, 1.165) is 75.2 Å². The summed E-state index contributed by atoms with van der Waals surface area (Å²) in [7, 11) is -0.491. The molecule has 1 saturated carbocycles. The molecule has 218 valence electrons. The van der Waals surface area contributed by atoms with Crippen LogP contribution in [0.2, 0.25) is 0 Å². The number of amides is 1. The standard InChI is InChI=1S/C30H42BF2N3O4/c1-28(2)29(3,4)40-31(39-28)20-5-6-24-25(13-20)36(22-14-21(15-22)35-10-7-19(16-35)26(32)33)27(37)30(24)8-11-34(12-9-30)23-17-38-18-23/h5-6,13,19,21-23,26H,7-12,14-18H2,1-4H3. The van der Waals surface area contributed by atoms with Crippen molar-refractivity contribution in [3.05, 3.63) is 23.8 Å². The van der Waals surface area contributed by atoms with E-state index in [1.807, 2.05) is 0 Å². The fourth-order valence-corrected chi connectivity index (χ4v) is 7.71. The quantitative estimate of drug-likeness (QED) is 0.519. The molecule has 1 aromatic carbocycles. The Labute approximate surface area is 236 Å². The number of alkyl halides is 2. The maximum absolute atomic E-state index is 14.4. The van der Waals surface area contributed by atoms with E-state index in [0.29, 0.717) is 19.0 Å². The number of rotatable bonds is 5. The summed E-state index contributed by atoms with van der Waals surface area (Å²) in [6.45, 7) is 12.8. The van der Waals surface area contributed by atoms with Crippen molar-refractivity contribution in [2.45, 2.75) is 101 Å². The summed E-state index contributed by atoms with van der Waals surface area (Å²) in [5.74, 6) is -0.307. The summed E-state index contributed by atoms with van der Waals surface area (Å²) < 4.78 is 44.8. The number of carbonyl (C=O) groups is 1. The zero-order valence-electron chi connectivity index (χ0n) is 24.2. The highest BCUT2D eigenvalue weighted by molar-refractivity contribution is 6.62. The van der Waals surface area contributed by atoms with Gasteiger partial charge in [-0.2, -0.15) is 0 Å². The molecule has 5 fully saturated rings. The van der Waals surface area contributed by atoms with E-state index in [9.17, 15) is 13.6 Å². The van der Waals surface area contributed by atoms with Crippen molar-refractivity contribution < 1.29 is 27.6 Å². The van der Waals surface area contributed by atoms with E-state index in [1.54, 1.807) is 0 Å². The fraction of sp³-hybridized carbons (Fsp3) is 0.767. The second-order valence-electron chi connectivity index (χ2n) is 14.0. The van der Waals surface area contributed by atoms with E-state index in [-0.39, 0.29) is 18.0 Å². The van der Waals surface area contributed by atoms with Gasteiger partial charge in [0, 0.05) is 30.2 Å². The maximum atomic E-state index is 14.4. The summed E-state index contributed by atoms with van der Waals surface area (Å²) >= 11 is 0. The minimum absolute atomic E-state index is 0.0906. The lowest BCUT2D eigenvalue weighted by atomic mass is 9.71. The van der Waals surface area contributed by atoms with Crippen LogP contribution in [0.3, 0.4) is 0 Å². The van der Waals surface area contributed by atoms with Gasteiger partial charge in [-0.3, -0.25) is 14.6 Å². The normalized spacial score (nSPS) is 33.6. The molecule has 1 aliphatic carbocycles. The summed E-state index contributed by atoms with van der Waals surface area (Å²) in [6, 6.07) is 7.21. The van der Waals surface area contributed by atoms with Gasteiger partial charge >= 0.3 is 7.12 Å². The predicted octanol–water partition coefficient (Wildman–Crippen LogP) is 3.18. The molecule has 40 heavy (non-hydrogen) atoms. The zero-order valence-corrected chi connectivity index (χ0v) is 24.2. The van der Waals surface area contributed by atoms with E-state index in [4.69, 9.17) is 14.0 Å². The third-order valence-electron chi connectivity index (χ3n) is 11.3. The van der Waals surface area contributed by atoms with Crippen LogP contribution in [-0.4, -0.2) is 98.0 Å². The second kappa shape index (κ2) is 9.46. The summed E-state index contributed by atoms with van der Waals surface area (Å²) in [5, 5.41) is 0. The van der Waals surface area contributed by atoms with Crippen molar-refractivity contribution in [2.75, 3.05) is 44.3 Å². The predicted molar refractivity (Wildman–Crippen MR) is 149 cm³/mol. The average Bonchev–Trinajstić information content (AvgIpc) is 3.47.